The minimum absolute atomic E-state index is 0.147. The van der Waals surface area contributed by atoms with Gasteiger partial charge in [0.2, 0.25) is 0 Å². The Bertz CT molecular complexity index is 1050. The van der Waals surface area contributed by atoms with E-state index < -0.39 is 11.5 Å². The summed E-state index contributed by atoms with van der Waals surface area (Å²) < 4.78 is 24.6. The Morgan fingerprint density at radius 3 is 2.06 bits per heavy atom. The number of carbonyl (C=O) groups excluding carboxylic acids is 2. The second-order valence-electron chi connectivity index (χ2n) is 11.8. The van der Waals surface area contributed by atoms with E-state index in [9.17, 15) is 14.0 Å². The number of carbonyl (C=O) groups is 2. The first-order valence-corrected chi connectivity index (χ1v) is 11.7. The van der Waals surface area contributed by atoms with Gasteiger partial charge in [0, 0.05) is 6.54 Å². The summed E-state index contributed by atoms with van der Waals surface area (Å²) in [5.41, 5.74) is 1.93. The Morgan fingerprint density at radius 1 is 0.912 bits per heavy atom. The molecule has 1 amide bonds. The molecule has 1 unspecified atom stereocenters. The average Bonchev–Trinajstić information content (AvgIpc) is 3.04. The van der Waals surface area contributed by atoms with Gasteiger partial charge in [-0.1, -0.05) is 65.8 Å². The highest BCUT2D eigenvalue weighted by Gasteiger charge is 2.49. The van der Waals surface area contributed by atoms with Gasteiger partial charge in [-0.2, -0.15) is 0 Å². The Labute approximate surface area is 202 Å². The number of anilines is 1. The molecule has 34 heavy (non-hydrogen) atoms. The van der Waals surface area contributed by atoms with E-state index in [1.165, 1.54) is 17.0 Å². The summed E-state index contributed by atoms with van der Waals surface area (Å²) in [5.74, 6) is -0.643. The van der Waals surface area contributed by atoms with E-state index in [4.69, 9.17) is 9.47 Å². The van der Waals surface area contributed by atoms with Crippen molar-refractivity contribution in [2.24, 2.45) is 10.8 Å². The van der Waals surface area contributed by atoms with Crippen LogP contribution in [0.25, 0.3) is 0 Å². The number of halogens is 1. The van der Waals surface area contributed by atoms with Crippen LogP contribution in [-0.2, 0) is 26.1 Å². The molecule has 2 aromatic rings. The number of benzene rings is 2. The molecular formula is C28H36FNO4. The third-order valence-electron chi connectivity index (χ3n) is 5.68. The van der Waals surface area contributed by atoms with Gasteiger partial charge in [0.25, 0.3) is 0 Å². The highest BCUT2D eigenvalue weighted by Crippen LogP contribution is 2.43. The van der Waals surface area contributed by atoms with E-state index in [0.29, 0.717) is 12.1 Å². The molecule has 5 nitrogen and oxygen atoms in total. The summed E-state index contributed by atoms with van der Waals surface area (Å²) in [5, 5.41) is 0. The monoisotopic (exact) mass is 469 g/mol. The molecule has 2 aromatic carbocycles. The summed E-state index contributed by atoms with van der Waals surface area (Å²) in [4.78, 5) is 27.9. The lowest BCUT2D eigenvalue weighted by Crippen LogP contribution is -2.42. The number of hydrogen-bond acceptors (Lipinski definition) is 4. The van der Waals surface area contributed by atoms with Gasteiger partial charge < -0.3 is 9.47 Å². The van der Waals surface area contributed by atoms with Crippen molar-refractivity contribution in [3.8, 4) is 0 Å². The summed E-state index contributed by atoms with van der Waals surface area (Å²) in [6.45, 7) is 14.5. The molecule has 0 saturated heterocycles. The zero-order valence-electron chi connectivity index (χ0n) is 21.3. The summed E-state index contributed by atoms with van der Waals surface area (Å²) >= 11 is 0. The number of amides is 1. The van der Waals surface area contributed by atoms with E-state index in [2.05, 4.69) is 0 Å². The predicted octanol–water partition coefficient (Wildman–Crippen LogP) is 6.27. The van der Waals surface area contributed by atoms with E-state index >= 15 is 0 Å². The van der Waals surface area contributed by atoms with Gasteiger partial charge in [0.05, 0.1) is 18.9 Å². The zero-order chi connectivity index (χ0) is 25.3. The van der Waals surface area contributed by atoms with Crippen molar-refractivity contribution in [1.29, 1.82) is 0 Å². The minimum atomic E-state index is -1.00. The molecule has 3 rings (SSSR count). The smallest absolute Gasteiger partial charge is 0.414 e. The van der Waals surface area contributed by atoms with Crippen LogP contribution in [-0.4, -0.2) is 31.8 Å². The molecule has 1 heterocycles. The zero-order valence-corrected chi connectivity index (χ0v) is 21.3. The fraction of sp³-hybridized carbons (Fsp3) is 0.500. The molecular weight excluding hydrogens is 433 g/mol. The molecule has 6 heteroatoms. The molecule has 0 aliphatic carbocycles. The summed E-state index contributed by atoms with van der Waals surface area (Å²) in [6.07, 6.45) is 0.0892. The fourth-order valence-electron chi connectivity index (χ4n) is 3.84. The molecule has 1 aliphatic heterocycles. The normalized spacial score (nSPS) is 17.9. The maximum Gasteiger partial charge on any atom is 0.414 e. The lowest BCUT2D eigenvalue weighted by atomic mass is 9.84. The van der Waals surface area contributed by atoms with Crippen LogP contribution in [0.1, 0.15) is 65.2 Å². The van der Waals surface area contributed by atoms with Crippen molar-refractivity contribution >= 4 is 17.7 Å². The molecule has 0 saturated carbocycles. The fourth-order valence-corrected chi connectivity index (χ4v) is 3.84. The largest absolute Gasteiger partial charge is 0.464 e. The lowest BCUT2D eigenvalue weighted by Gasteiger charge is -2.26. The van der Waals surface area contributed by atoms with Crippen LogP contribution in [0.2, 0.25) is 0 Å². The number of rotatable bonds is 5. The van der Waals surface area contributed by atoms with Crippen LogP contribution >= 0.6 is 0 Å². The first-order chi connectivity index (χ1) is 15.7. The molecule has 184 valence electrons. The Morgan fingerprint density at radius 2 is 1.47 bits per heavy atom. The van der Waals surface area contributed by atoms with Gasteiger partial charge in [-0.3, -0.25) is 9.69 Å². The standard InChI is InChI=1S/C28H36FNO4/c1-26(2,3)17-33-24(31)28(7)16-30(25(32)34-18-27(4,5)6)23-15-20(10-13-22(23)28)14-19-8-11-21(29)12-9-19/h8-13,15H,14,16-18H2,1-7H3. The van der Waals surface area contributed by atoms with Crippen molar-refractivity contribution in [1.82, 2.24) is 0 Å². The predicted molar refractivity (Wildman–Crippen MR) is 132 cm³/mol. The van der Waals surface area contributed by atoms with Gasteiger partial charge in [0.1, 0.15) is 11.2 Å². The highest BCUT2D eigenvalue weighted by molar-refractivity contribution is 5.98. The third kappa shape index (κ3) is 6.16. The molecule has 1 aliphatic rings. The quantitative estimate of drug-likeness (QED) is 0.485. The van der Waals surface area contributed by atoms with E-state index in [1.807, 2.05) is 66.7 Å². The number of fused-ring (bicyclic) bond motifs is 1. The highest BCUT2D eigenvalue weighted by atomic mass is 19.1. The number of hydrogen-bond donors (Lipinski definition) is 0. The van der Waals surface area contributed by atoms with Gasteiger partial charge in [-0.05, 0) is 59.1 Å². The summed E-state index contributed by atoms with van der Waals surface area (Å²) in [7, 11) is 0. The maximum atomic E-state index is 13.3. The minimum Gasteiger partial charge on any atom is -0.464 e. The second kappa shape index (κ2) is 9.40. The van der Waals surface area contributed by atoms with Crippen LogP contribution < -0.4 is 4.90 Å². The Hall–Kier alpha value is -2.89. The van der Waals surface area contributed by atoms with Crippen molar-refractivity contribution in [2.45, 2.75) is 60.3 Å². The number of nitrogens with zero attached hydrogens (tertiary/aromatic N) is 1. The molecule has 0 N–H and O–H groups in total. The SMILES string of the molecule is CC(C)(C)COC(=O)N1CC(C)(C(=O)OCC(C)(C)C)c2ccc(Cc3ccc(F)cc3)cc21. The van der Waals surface area contributed by atoms with E-state index in [0.717, 1.165) is 16.7 Å². The molecule has 0 bridgehead atoms. The second-order valence-corrected chi connectivity index (χ2v) is 11.8. The number of esters is 1. The maximum absolute atomic E-state index is 13.3. The van der Waals surface area contributed by atoms with Crippen molar-refractivity contribution < 1.29 is 23.5 Å². The van der Waals surface area contributed by atoms with Gasteiger partial charge in [-0.25, -0.2) is 9.18 Å². The third-order valence-corrected chi connectivity index (χ3v) is 5.68. The summed E-state index contributed by atoms with van der Waals surface area (Å²) in [6, 6.07) is 12.1. The van der Waals surface area contributed by atoms with Gasteiger partial charge in [-0.15, -0.1) is 0 Å². The van der Waals surface area contributed by atoms with Crippen LogP contribution in [0, 0.1) is 16.6 Å². The van der Waals surface area contributed by atoms with Crippen molar-refractivity contribution in [2.75, 3.05) is 24.7 Å². The molecule has 0 spiro atoms. The first-order valence-electron chi connectivity index (χ1n) is 11.7. The topological polar surface area (TPSA) is 55.8 Å². The Kier molecular flexibility index (Phi) is 7.11. The Balaban J connectivity index is 1.93. The van der Waals surface area contributed by atoms with E-state index in [1.54, 1.807) is 12.1 Å². The van der Waals surface area contributed by atoms with Crippen LogP contribution in [0.15, 0.2) is 42.5 Å². The molecule has 0 fully saturated rings. The van der Waals surface area contributed by atoms with Crippen LogP contribution in [0.3, 0.4) is 0 Å². The van der Waals surface area contributed by atoms with Gasteiger partial charge >= 0.3 is 12.1 Å². The first kappa shape index (κ1) is 25.7. The van der Waals surface area contributed by atoms with Gasteiger partial charge in [0.15, 0.2) is 0 Å². The van der Waals surface area contributed by atoms with Crippen molar-refractivity contribution in [3.63, 3.8) is 0 Å². The average molecular weight is 470 g/mol. The van der Waals surface area contributed by atoms with Crippen LogP contribution in [0.4, 0.5) is 14.9 Å². The molecule has 1 atom stereocenters. The molecule has 0 aromatic heterocycles. The lowest BCUT2D eigenvalue weighted by molar-refractivity contribution is -0.152. The van der Waals surface area contributed by atoms with E-state index in [-0.39, 0.29) is 42.4 Å². The van der Waals surface area contributed by atoms with Crippen LogP contribution in [0.5, 0.6) is 0 Å². The molecule has 0 radical (unpaired) electrons. The van der Waals surface area contributed by atoms with Crippen molar-refractivity contribution in [3.05, 3.63) is 65.0 Å². The number of ether oxygens (including phenoxy) is 2.